The summed E-state index contributed by atoms with van der Waals surface area (Å²) in [5, 5.41) is 12.8. The van der Waals surface area contributed by atoms with Crippen LogP contribution in [0.1, 0.15) is 49.2 Å². The largest absolute Gasteiger partial charge is 0.547 e. The van der Waals surface area contributed by atoms with Crippen molar-refractivity contribution in [2.75, 3.05) is 6.79 Å². The quantitative estimate of drug-likeness (QED) is 0.460. The van der Waals surface area contributed by atoms with E-state index >= 15 is 0 Å². The zero-order valence-corrected chi connectivity index (χ0v) is 16.1. The third kappa shape index (κ3) is 5.00. The number of benzene rings is 1. The summed E-state index contributed by atoms with van der Waals surface area (Å²) in [4.78, 5) is 35.5. The van der Waals surface area contributed by atoms with E-state index in [0.29, 0.717) is 17.5 Å². The van der Waals surface area contributed by atoms with E-state index in [9.17, 15) is 19.4 Å². The van der Waals surface area contributed by atoms with E-state index in [4.69, 9.17) is 14.1 Å². The Balaban J connectivity index is 2.15. The van der Waals surface area contributed by atoms with Crippen molar-refractivity contribution in [1.82, 2.24) is 5.32 Å². The Morgan fingerprint density at radius 2 is 1.96 bits per heavy atom. The minimum atomic E-state index is -1.30. The Morgan fingerprint density at radius 1 is 1.30 bits per heavy atom. The van der Waals surface area contributed by atoms with E-state index in [1.807, 2.05) is 0 Å². The summed E-state index contributed by atoms with van der Waals surface area (Å²) < 4.78 is 15.5. The van der Waals surface area contributed by atoms with Gasteiger partial charge in [-0.3, -0.25) is 9.59 Å². The molecular formula is C18H24BNO7. The highest BCUT2D eigenvalue weighted by Gasteiger charge is 2.38. The molecular weight excluding hydrogens is 353 g/mol. The molecule has 0 spiro atoms. The van der Waals surface area contributed by atoms with Gasteiger partial charge in [0.2, 0.25) is 12.7 Å². The molecule has 8 nitrogen and oxygen atoms in total. The van der Waals surface area contributed by atoms with E-state index in [1.54, 1.807) is 39.8 Å². The number of ether oxygens (including phenoxy) is 2. The first-order chi connectivity index (χ1) is 12.5. The molecule has 1 aliphatic rings. The fraction of sp³-hybridized carbons (Fsp3) is 0.500. The highest BCUT2D eigenvalue weighted by Crippen LogP contribution is 2.33. The Kier molecular flexibility index (Phi) is 6.15. The van der Waals surface area contributed by atoms with Crippen LogP contribution >= 0.6 is 0 Å². The number of nitrogens with one attached hydrogen (secondary N) is 1. The number of fused-ring (bicyclic) bond motifs is 1. The first kappa shape index (κ1) is 20.8. The molecule has 0 aromatic heterocycles. The van der Waals surface area contributed by atoms with Crippen LogP contribution < -0.4 is 9.97 Å². The molecule has 0 unspecified atom stereocenters. The van der Waals surface area contributed by atoms with Gasteiger partial charge in [0.05, 0.1) is 11.4 Å². The number of hydrogen-bond donors (Lipinski definition) is 2. The van der Waals surface area contributed by atoms with Crippen molar-refractivity contribution in [3.63, 3.8) is 0 Å². The minimum absolute atomic E-state index is 0.152. The fourth-order valence-corrected chi connectivity index (χ4v) is 2.62. The van der Waals surface area contributed by atoms with Crippen LogP contribution in [0.4, 0.5) is 0 Å². The van der Waals surface area contributed by atoms with E-state index < -0.39 is 37.2 Å². The molecule has 0 saturated carbocycles. The maximum atomic E-state index is 12.5. The summed E-state index contributed by atoms with van der Waals surface area (Å²) in [5.41, 5.74) is 0.689. The normalized spacial score (nSPS) is 16.1. The number of rotatable bonds is 4. The lowest BCUT2D eigenvalue weighted by Crippen LogP contribution is -2.52. The summed E-state index contributed by atoms with van der Waals surface area (Å²) >= 11 is 0. The Labute approximate surface area is 158 Å². The third-order valence-electron chi connectivity index (χ3n) is 4.06. The molecule has 0 aliphatic carbocycles. The minimum Gasteiger partial charge on any atom is -0.534 e. The van der Waals surface area contributed by atoms with Crippen LogP contribution in [0.5, 0.6) is 5.75 Å². The second-order valence-electron chi connectivity index (χ2n) is 7.50. The highest BCUT2D eigenvalue weighted by molar-refractivity contribution is 6.47. The van der Waals surface area contributed by atoms with Gasteiger partial charge in [0.15, 0.2) is 0 Å². The van der Waals surface area contributed by atoms with Gasteiger partial charge in [-0.25, -0.2) is 4.79 Å². The molecule has 1 amide bonds. The van der Waals surface area contributed by atoms with Gasteiger partial charge in [-0.05, 0) is 45.2 Å². The summed E-state index contributed by atoms with van der Waals surface area (Å²) in [6, 6.07) is 3.49. The topological polar surface area (TPSA) is 111 Å². The summed E-state index contributed by atoms with van der Waals surface area (Å²) in [5.74, 6) is -1.92. The van der Waals surface area contributed by atoms with Crippen LogP contribution in [-0.2, 0) is 25.5 Å². The van der Waals surface area contributed by atoms with Crippen molar-refractivity contribution in [1.29, 1.82) is 0 Å². The number of esters is 2. The van der Waals surface area contributed by atoms with E-state index in [1.165, 1.54) is 6.92 Å². The summed E-state index contributed by atoms with van der Waals surface area (Å²) in [6.45, 7) is 7.60. The number of aryl methyl sites for hydroxylation is 1. The molecule has 0 bridgehead atoms. The SMILES string of the molecule is CC(=O)N[C@H]1Cc2ccc(C)c(C(=O)OCOC(=O)C(C)(C)C)c2OB1O. The first-order valence-electron chi connectivity index (χ1n) is 8.59. The van der Waals surface area contributed by atoms with Crippen LogP contribution in [0, 0.1) is 12.3 Å². The second-order valence-corrected chi connectivity index (χ2v) is 7.50. The van der Waals surface area contributed by atoms with Crippen LogP contribution in [0.15, 0.2) is 12.1 Å². The molecule has 1 heterocycles. The molecule has 0 saturated heterocycles. The summed E-state index contributed by atoms with van der Waals surface area (Å²) in [6.07, 6.45) is 0.301. The van der Waals surface area contributed by atoms with Crippen molar-refractivity contribution in [2.24, 2.45) is 5.41 Å². The molecule has 1 aliphatic heterocycles. The van der Waals surface area contributed by atoms with Gasteiger partial charge in [-0.2, -0.15) is 0 Å². The van der Waals surface area contributed by atoms with Crippen LogP contribution in [0.25, 0.3) is 0 Å². The first-order valence-corrected chi connectivity index (χ1v) is 8.59. The van der Waals surface area contributed by atoms with Gasteiger partial charge < -0.3 is 24.5 Å². The molecule has 1 aromatic carbocycles. The van der Waals surface area contributed by atoms with Gasteiger partial charge in [-0.1, -0.05) is 12.1 Å². The molecule has 1 atom stereocenters. The third-order valence-corrected chi connectivity index (χ3v) is 4.06. The predicted octanol–water partition coefficient (Wildman–Crippen LogP) is 1.16. The lowest BCUT2D eigenvalue weighted by Gasteiger charge is -2.29. The molecule has 0 radical (unpaired) electrons. The number of carbonyl (C=O) groups excluding carboxylic acids is 3. The molecule has 0 fully saturated rings. The van der Waals surface area contributed by atoms with E-state index in [0.717, 1.165) is 0 Å². The Morgan fingerprint density at radius 3 is 2.56 bits per heavy atom. The highest BCUT2D eigenvalue weighted by atomic mass is 16.7. The van der Waals surface area contributed by atoms with Gasteiger partial charge >= 0.3 is 19.1 Å². The monoisotopic (exact) mass is 377 g/mol. The van der Waals surface area contributed by atoms with E-state index in [-0.39, 0.29) is 17.2 Å². The van der Waals surface area contributed by atoms with Crippen molar-refractivity contribution in [3.8, 4) is 5.75 Å². The number of amides is 1. The lowest BCUT2D eigenvalue weighted by atomic mass is 9.72. The molecule has 27 heavy (non-hydrogen) atoms. The Hall–Kier alpha value is -2.55. The van der Waals surface area contributed by atoms with Crippen molar-refractivity contribution in [2.45, 2.75) is 47.0 Å². The smallest absolute Gasteiger partial charge is 0.534 e. The van der Waals surface area contributed by atoms with Crippen LogP contribution in [0.2, 0.25) is 0 Å². The average molecular weight is 377 g/mol. The van der Waals surface area contributed by atoms with Crippen LogP contribution in [-0.4, -0.2) is 42.7 Å². The molecule has 146 valence electrons. The lowest BCUT2D eigenvalue weighted by molar-refractivity contribution is -0.161. The fourth-order valence-electron chi connectivity index (χ4n) is 2.62. The zero-order valence-electron chi connectivity index (χ0n) is 16.1. The van der Waals surface area contributed by atoms with Gasteiger partial charge in [0, 0.05) is 6.92 Å². The van der Waals surface area contributed by atoms with Gasteiger partial charge in [0.1, 0.15) is 11.3 Å². The predicted molar refractivity (Wildman–Crippen MR) is 96.9 cm³/mol. The second kappa shape index (κ2) is 8.00. The van der Waals surface area contributed by atoms with Gasteiger partial charge in [0.25, 0.3) is 0 Å². The maximum absolute atomic E-state index is 12.5. The zero-order chi connectivity index (χ0) is 20.4. The van der Waals surface area contributed by atoms with Crippen LogP contribution in [0.3, 0.4) is 0 Å². The summed E-state index contributed by atoms with van der Waals surface area (Å²) in [7, 11) is -1.30. The maximum Gasteiger partial charge on any atom is 0.547 e. The Bertz CT molecular complexity index is 757. The van der Waals surface area contributed by atoms with Gasteiger partial charge in [-0.15, -0.1) is 0 Å². The molecule has 9 heteroatoms. The molecule has 2 rings (SSSR count). The van der Waals surface area contributed by atoms with Crippen molar-refractivity contribution < 1.29 is 33.5 Å². The van der Waals surface area contributed by atoms with Crippen molar-refractivity contribution in [3.05, 3.63) is 28.8 Å². The van der Waals surface area contributed by atoms with Crippen molar-refractivity contribution >= 4 is 25.0 Å². The van der Waals surface area contributed by atoms with E-state index in [2.05, 4.69) is 5.32 Å². The molecule has 2 N–H and O–H groups in total. The molecule has 1 aromatic rings. The number of carbonyl (C=O) groups is 3. The standard InChI is InChI=1S/C18H24BNO7/c1-10-6-7-12-8-13(20-11(2)21)19(24)27-15(12)14(10)16(22)25-9-26-17(23)18(3,4)5/h6-7,13,24H,8-9H2,1-5H3,(H,20,21)/t13-/m0/s1. The number of hydrogen-bond acceptors (Lipinski definition) is 7. The average Bonchev–Trinajstić information content (AvgIpc) is 2.54.